The van der Waals surface area contributed by atoms with Crippen LogP contribution in [0.5, 0.6) is 5.88 Å². The first-order chi connectivity index (χ1) is 9.02. The lowest BCUT2D eigenvalue weighted by atomic mass is 10.1. The molecule has 1 aromatic heterocycles. The van der Waals surface area contributed by atoms with Gasteiger partial charge in [0.2, 0.25) is 5.88 Å². The van der Waals surface area contributed by atoms with Crippen LogP contribution in [0.3, 0.4) is 0 Å². The van der Waals surface area contributed by atoms with Gasteiger partial charge in [-0.2, -0.15) is 0 Å². The summed E-state index contributed by atoms with van der Waals surface area (Å²) in [4.78, 5) is 25.5. The Balaban J connectivity index is 2.52. The zero-order valence-corrected chi connectivity index (χ0v) is 10.9. The van der Waals surface area contributed by atoms with Crippen molar-refractivity contribution < 1.29 is 5.11 Å². The van der Waals surface area contributed by atoms with E-state index < -0.39 is 11.2 Å². The molecule has 2 N–H and O–H groups in total. The van der Waals surface area contributed by atoms with Crippen LogP contribution < -0.4 is 11.2 Å². The van der Waals surface area contributed by atoms with Crippen LogP contribution in [0.1, 0.15) is 23.6 Å². The number of hydrogen-bond acceptors (Lipinski definition) is 3. The van der Waals surface area contributed by atoms with Crippen molar-refractivity contribution in [1.29, 1.82) is 0 Å². The third-order valence-corrected chi connectivity index (χ3v) is 3.04. The number of aromatic amines is 1. The van der Waals surface area contributed by atoms with Gasteiger partial charge >= 0.3 is 5.69 Å². The van der Waals surface area contributed by atoms with E-state index in [2.05, 4.69) is 4.98 Å². The van der Waals surface area contributed by atoms with Gasteiger partial charge in [0.25, 0.3) is 5.56 Å². The number of aromatic hydroxyl groups is 1. The average molecular weight is 260 g/mol. The van der Waals surface area contributed by atoms with Gasteiger partial charge in [-0.1, -0.05) is 36.8 Å². The first kappa shape index (κ1) is 13.1. The molecular weight excluding hydrogens is 244 g/mol. The highest BCUT2D eigenvalue weighted by Gasteiger charge is 2.12. The van der Waals surface area contributed by atoms with Gasteiger partial charge < -0.3 is 5.11 Å². The van der Waals surface area contributed by atoms with Crippen LogP contribution in [0.2, 0.25) is 0 Å². The second-order valence-electron chi connectivity index (χ2n) is 4.49. The predicted molar refractivity (Wildman–Crippen MR) is 72.6 cm³/mol. The molecule has 5 heteroatoms. The van der Waals surface area contributed by atoms with Gasteiger partial charge in [0.1, 0.15) is 0 Å². The normalized spacial score (nSPS) is 10.6. The van der Waals surface area contributed by atoms with E-state index in [0.717, 1.165) is 11.1 Å². The minimum atomic E-state index is -0.596. The van der Waals surface area contributed by atoms with Gasteiger partial charge in [-0.15, -0.1) is 0 Å². The summed E-state index contributed by atoms with van der Waals surface area (Å²) in [5, 5.41) is 10.0. The Labute approximate surface area is 110 Å². The van der Waals surface area contributed by atoms with Gasteiger partial charge in [0.05, 0.1) is 12.1 Å². The summed E-state index contributed by atoms with van der Waals surface area (Å²) in [5.41, 5.74) is 1.08. The molecule has 0 amide bonds. The van der Waals surface area contributed by atoms with Crippen molar-refractivity contribution in [3.63, 3.8) is 0 Å². The first-order valence-corrected chi connectivity index (χ1v) is 6.13. The Bertz CT molecular complexity index is 713. The molecule has 0 unspecified atom stereocenters. The van der Waals surface area contributed by atoms with Gasteiger partial charge in [-0.05, 0) is 18.9 Å². The lowest BCUT2D eigenvalue weighted by Crippen LogP contribution is -2.32. The third kappa shape index (κ3) is 2.59. The Kier molecular flexibility index (Phi) is 3.55. The maximum absolute atomic E-state index is 11.8. The van der Waals surface area contributed by atoms with Crippen molar-refractivity contribution in [3.8, 4) is 5.88 Å². The largest absolute Gasteiger partial charge is 0.494 e. The summed E-state index contributed by atoms with van der Waals surface area (Å²) in [7, 11) is 0. The van der Waals surface area contributed by atoms with Crippen LogP contribution in [0.25, 0.3) is 0 Å². The number of nitrogens with zero attached hydrogens (tertiary/aromatic N) is 1. The number of benzene rings is 1. The van der Waals surface area contributed by atoms with E-state index in [1.807, 2.05) is 31.2 Å². The molecular formula is C14H16N2O3. The molecule has 0 spiro atoms. The molecule has 100 valence electrons. The Morgan fingerprint density at radius 2 is 2.05 bits per heavy atom. The van der Waals surface area contributed by atoms with E-state index >= 15 is 0 Å². The fourth-order valence-electron chi connectivity index (χ4n) is 2.06. The SMILES string of the molecule is CCc1c(O)n(Cc2cccc(C)c2)c(=O)[nH]c1=O. The van der Waals surface area contributed by atoms with E-state index in [1.165, 1.54) is 4.57 Å². The molecule has 0 saturated carbocycles. The standard InChI is InChI=1S/C14H16N2O3/c1-3-11-12(17)15-14(19)16(13(11)18)8-10-6-4-5-9(2)7-10/h4-7,18H,3,8H2,1-2H3,(H,15,17,19). The smallest absolute Gasteiger partial charge is 0.331 e. The molecule has 0 aliphatic heterocycles. The van der Waals surface area contributed by atoms with Crippen molar-refractivity contribution in [1.82, 2.24) is 9.55 Å². The first-order valence-electron chi connectivity index (χ1n) is 6.13. The van der Waals surface area contributed by atoms with Crippen LogP contribution in [0, 0.1) is 6.92 Å². The summed E-state index contributed by atoms with van der Waals surface area (Å²) in [6.45, 7) is 3.94. The van der Waals surface area contributed by atoms with Gasteiger partial charge in [-0.25, -0.2) is 4.79 Å². The van der Waals surface area contributed by atoms with Crippen LogP contribution in [0.15, 0.2) is 33.9 Å². The van der Waals surface area contributed by atoms with Crippen molar-refractivity contribution in [2.45, 2.75) is 26.8 Å². The summed E-state index contributed by atoms with van der Waals surface area (Å²) in [6, 6.07) is 7.65. The fourth-order valence-corrected chi connectivity index (χ4v) is 2.06. The van der Waals surface area contributed by atoms with E-state index in [-0.39, 0.29) is 18.0 Å². The Hall–Kier alpha value is -2.30. The van der Waals surface area contributed by atoms with E-state index in [0.29, 0.717) is 6.42 Å². The Morgan fingerprint density at radius 1 is 1.32 bits per heavy atom. The lowest BCUT2D eigenvalue weighted by molar-refractivity contribution is 0.402. The van der Waals surface area contributed by atoms with Crippen LogP contribution in [-0.2, 0) is 13.0 Å². The molecule has 1 heterocycles. The molecule has 2 rings (SSSR count). The minimum Gasteiger partial charge on any atom is -0.494 e. The van der Waals surface area contributed by atoms with Crippen LogP contribution >= 0.6 is 0 Å². The molecule has 1 aromatic carbocycles. The van der Waals surface area contributed by atoms with Crippen molar-refractivity contribution in [2.75, 3.05) is 0 Å². The molecule has 2 aromatic rings. The van der Waals surface area contributed by atoms with E-state index in [9.17, 15) is 14.7 Å². The minimum absolute atomic E-state index is 0.229. The highest BCUT2D eigenvalue weighted by molar-refractivity contribution is 5.26. The summed E-state index contributed by atoms with van der Waals surface area (Å²) in [6.07, 6.45) is 0.370. The van der Waals surface area contributed by atoms with Crippen molar-refractivity contribution in [2.24, 2.45) is 0 Å². The molecule has 0 radical (unpaired) electrons. The zero-order valence-electron chi connectivity index (χ0n) is 10.9. The number of nitrogens with one attached hydrogen (secondary N) is 1. The van der Waals surface area contributed by atoms with Crippen LogP contribution in [-0.4, -0.2) is 14.7 Å². The number of aromatic nitrogens is 2. The quantitative estimate of drug-likeness (QED) is 0.869. The van der Waals surface area contributed by atoms with Gasteiger partial charge in [0, 0.05) is 0 Å². The van der Waals surface area contributed by atoms with E-state index in [1.54, 1.807) is 6.92 Å². The summed E-state index contributed by atoms with van der Waals surface area (Å²) < 4.78 is 1.18. The maximum atomic E-state index is 11.8. The molecule has 19 heavy (non-hydrogen) atoms. The number of H-pyrrole nitrogens is 1. The highest BCUT2D eigenvalue weighted by atomic mass is 16.3. The number of rotatable bonds is 3. The van der Waals surface area contributed by atoms with Gasteiger partial charge in [0.15, 0.2) is 0 Å². The molecule has 0 fully saturated rings. The second-order valence-corrected chi connectivity index (χ2v) is 4.49. The fraction of sp³-hybridized carbons (Fsp3) is 0.286. The van der Waals surface area contributed by atoms with Crippen LogP contribution in [0.4, 0.5) is 0 Å². The lowest BCUT2D eigenvalue weighted by Gasteiger charge is -2.10. The summed E-state index contributed by atoms with van der Waals surface area (Å²) in [5.74, 6) is -0.252. The predicted octanol–water partition coefficient (Wildman–Crippen LogP) is 1.16. The monoisotopic (exact) mass is 260 g/mol. The number of aryl methyl sites for hydroxylation is 1. The van der Waals surface area contributed by atoms with Gasteiger partial charge in [-0.3, -0.25) is 14.3 Å². The highest BCUT2D eigenvalue weighted by Crippen LogP contribution is 2.13. The molecule has 0 aliphatic carbocycles. The van der Waals surface area contributed by atoms with Crippen molar-refractivity contribution in [3.05, 3.63) is 61.8 Å². The molecule has 0 aliphatic rings. The molecule has 0 atom stereocenters. The molecule has 0 saturated heterocycles. The molecule has 5 nitrogen and oxygen atoms in total. The maximum Gasteiger partial charge on any atom is 0.331 e. The van der Waals surface area contributed by atoms with Crippen molar-refractivity contribution >= 4 is 0 Å². The topological polar surface area (TPSA) is 75.1 Å². The third-order valence-electron chi connectivity index (χ3n) is 3.04. The Morgan fingerprint density at radius 3 is 2.68 bits per heavy atom. The average Bonchev–Trinajstić information content (AvgIpc) is 2.35. The summed E-state index contributed by atoms with van der Waals surface area (Å²) >= 11 is 0. The number of hydrogen-bond donors (Lipinski definition) is 2. The molecule has 0 bridgehead atoms. The zero-order chi connectivity index (χ0) is 14.0. The second kappa shape index (κ2) is 5.14. The van der Waals surface area contributed by atoms with E-state index in [4.69, 9.17) is 0 Å².